The van der Waals surface area contributed by atoms with Crippen molar-refractivity contribution in [1.29, 1.82) is 0 Å². The number of benzene rings is 1. The number of rotatable bonds is 5. The standard InChI is InChI=1S/C15H14F2N2O4/c1-9(11-3-2-6-21-11)18-8-14(20)19-10-4-5-12-13(7-10)23-15(16,17)22-12/h2-7,9,18H,8H2,1H3,(H,19,20)/p+1/t9-/m1/s1. The lowest BCUT2D eigenvalue weighted by atomic mass is 10.2. The molecule has 3 N–H and O–H groups in total. The number of fused-ring (bicyclic) bond motifs is 1. The maximum absolute atomic E-state index is 12.9. The van der Waals surface area contributed by atoms with E-state index in [1.807, 2.05) is 13.0 Å². The number of furan rings is 1. The van der Waals surface area contributed by atoms with Gasteiger partial charge in [-0.05, 0) is 31.2 Å². The number of anilines is 1. The summed E-state index contributed by atoms with van der Waals surface area (Å²) in [7, 11) is 0. The Labute approximate surface area is 130 Å². The topological polar surface area (TPSA) is 77.3 Å². The second-order valence-corrected chi connectivity index (χ2v) is 5.12. The van der Waals surface area contributed by atoms with Crippen molar-refractivity contribution in [2.24, 2.45) is 0 Å². The van der Waals surface area contributed by atoms with Gasteiger partial charge >= 0.3 is 6.29 Å². The first kappa shape index (κ1) is 15.3. The summed E-state index contributed by atoms with van der Waals surface area (Å²) in [5, 5.41) is 4.42. The first-order valence-corrected chi connectivity index (χ1v) is 6.99. The van der Waals surface area contributed by atoms with Crippen LogP contribution in [0.1, 0.15) is 18.7 Å². The molecular formula is C15H15F2N2O4+. The van der Waals surface area contributed by atoms with Crippen LogP contribution in [0.5, 0.6) is 11.5 Å². The van der Waals surface area contributed by atoms with Gasteiger partial charge in [0.25, 0.3) is 5.91 Å². The third kappa shape index (κ3) is 3.59. The number of hydrogen-bond donors (Lipinski definition) is 2. The van der Waals surface area contributed by atoms with Gasteiger partial charge in [0.1, 0.15) is 6.04 Å². The molecule has 1 amide bonds. The van der Waals surface area contributed by atoms with Crippen LogP contribution >= 0.6 is 0 Å². The molecule has 1 aliphatic rings. The Morgan fingerprint density at radius 2 is 2.09 bits per heavy atom. The largest absolute Gasteiger partial charge is 0.586 e. The highest BCUT2D eigenvalue weighted by Gasteiger charge is 2.43. The highest BCUT2D eigenvalue weighted by molar-refractivity contribution is 5.91. The minimum Gasteiger partial charge on any atom is -0.463 e. The molecule has 2 heterocycles. The molecule has 0 aliphatic carbocycles. The number of halogens is 2. The average Bonchev–Trinajstić information content (AvgIpc) is 3.10. The molecule has 8 heteroatoms. The van der Waals surface area contributed by atoms with Gasteiger partial charge in [0.2, 0.25) is 0 Å². The molecule has 1 aromatic carbocycles. The monoisotopic (exact) mass is 325 g/mol. The van der Waals surface area contributed by atoms with Gasteiger partial charge in [-0.1, -0.05) is 0 Å². The summed E-state index contributed by atoms with van der Waals surface area (Å²) in [6.45, 7) is 2.07. The van der Waals surface area contributed by atoms with Gasteiger partial charge in [0, 0.05) is 11.8 Å². The predicted molar refractivity (Wildman–Crippen MR) is 75.2 cm³/mol. The van der Waals surface area contributed by atoms with Crippen LogP contribution in [-0.2, 0) is 4.79 Å². The van der Waals surface area contributed by atoms with Crippen LogP contribution in [0.4, 0.5) is 14.5 Å². The summed E-state index contributed by atoms with van der Waals surface area (Å²) in [5.74, 6) is 0.323. The number of hydrogen-bond acceptors (Lipinski definition) is 4. The van der Waals surface area contributed by atoms with Crippen LogP contribution in [-0.4, -0.2) is 18.7 Å². The van der Waals surface area contributed by atoms with Gasteiger partial charge in [-0.25, -0.2) is 0 Å². The van der Waals surface area contributed by atoms with Crippen LogP contribution in [0.15, 0.2) is 41.0 Å². The summed E-state index contributed by atoms with van der Waals surface area (Å²) in [5.41, 5.74) is 0.356. The number of carbonyl (C=O) groups excluding carboxylic acids is 1. The molecule has 0 saturated heterocycles. The number of alkyl halides is 2. The summed E-state index contributed by atoms with van der Waals surface area (Å²) in [6, 6.07) is 7.69. The highest BCUT2D eigenvalue weighted by Crippen LogP contribution is 2.42. The Balaban J connectivity index is 1.55. The number of carbonyl (C=O) groups is 1. The van der Waals surface area contributed by atoms with Crippen molar-refractivity contribution in [3.8, 4) is 11.5 Å². The molecule has 0 spiro atoms. The van der Waals surface area contributed by atoms with E-state index in [0.717, 1.165) is 5.76 Å². The molecule has 23 heavy (non-hydrogen) atoms. The summed E-state index contributed by atoms with van der Waals surface area (Å²) < 4.78 is 39.7. The van der Waals surface area contributed by atoms with E-state index in [2.05, 4.69) is 14.8 Å². The zero-order chi connectivity index (χ0) is 16.4. The predicted octanol–water partition coefficient (Wildman–Crippen LogP) is 1.86. The molecule has 0 fully saturated rings. The molecule has 0 unspecified atom stereocenters. The first-order chi connectivity index (χ1) is 10.9. The van der Waals surface area contributed by atoms with Crippen molar-refractivity contribution >= 4 is 11.6 Å². The molecule has 122 valence electrons. The van der Waals surface area contributed by atoms with E-state index in [1.54, 1.807) is 17.6 Å². The minimum atomic E-state index is -3.67. The van der Waals surface area contributed by atoms with E-state index in [4.69, 9.17) is 4.42 Å². The Bertz CT molecular complexity index is 704. The zero-order valence-electron chi connectivity index (χ0n) is 12.2. The molecule has 0 bridgehead atoms. The van der Waals surface area contributed by atoms with E-state index >= 15 is 0 Å². The van der Waals surface area contributed by atoms with Gasteiger partial charge in [-0.15, -0.1) is 8.78 Å². The van der Waals surface area contributed by atoms with Crippen molar-refractivity contribution in [3.05, 3.63) is 42.4 Å². The number of ether oxygens (including phenoxy) is 2. The zero-order valence-corrected chi connectivity index (χ0v) is 12.2. The minimum absolute atomic E-state index is 0.00815. The summed E-state index contributed by atoms with van der Waals surface area (Å²) >= 11 is 0. The number of quaternary nitrogens is 1. The fourth-order valence-electron chi connectivity index (χ4n) is 2.19. The Morgan fingerprint density at radius 3 is 2.83 bits per heavy atom. The molecule has 6 nitrogen and oxygen atoms in total. The third-order valence-electron chi connectivity index (χ3n) is 3.33. The van der Waals surface area contributed by atoms with E-state index in [-0.39, 0.29) is 30.0 Å². The lowest BCUT2D eigenvalue weighted by Crippen LogP contribution is -2.86. The maximum atomic E-state index is 12.9. The summed E-state index contributed by atoms with van der Waals surface area (Å²) in [6.07, 6.45) is -2.10. The van der Waals surface area contributed by atoms with Crippen molar-refractivity contribution in [2.45, 2.75) is 19.3 Å². The molecule has 0 saturated carbocycles. The third-order valence-corrected chi connectivity index (χ3v) is 3.33. The second-order valence-electron chi connectivity index (χ2n) is 5.12. The van der Waals surface area contributed by atoms with E-state index in [0.29, 0.717) is 5.69 Å². The van der Waals surface area contributed by atoms with Gasteiger partial charge in [-0.2, -0.15) is 0 Å². The lowest BCUT2D eigenvalue weighted by Gasteiger charge is -2.09. The normalized spacial score (nSPS) is 16.1. The van der Waals surface area contributed by atoms with Crippen molar-refractivity contribution in [3.63, 3.8) is 0 Å². The van der Waals surface area contributed by atoms with Crippen molar-refractivity contribution < 1.29 is 32.8 Å². The summed E-state index contributed by atoms with van der Waals surface area (Å²) in [4.78, 5) is 11.9. The van der Waals surface area contributed by atoms with Crippen LogP contribution in [0.2, 0.25) is 0 Å². The Morgan fingerprint density at radius 1 is 1.30 bits per heavy atom. The molecule has 1 aliphatic heterocycles. The molecule has 3 rings (SSSR count). The highest BCUT2D eigenvalue weighted by atomic mass is 19.3. The lowest BCUT2D eigenvalue weighted by molar-refractivity contribution is -0.684. The van der Waals surface area contributed by atoms with E-state index < -0.39 is 6.29 Å². The van der Waals surface area contributed by atoms with Crippen LogP contribution < -0.4 is 20.1 Å². The smallest absolute Gasteiger partial charge is 0.463 e. The second kappa shape index (κ2) is 5.88. The van der Waals surface area contributed by atoms with Gasteiger partial charge in [0.05, 0.1) is 6.26 Å². The quantitative estimate of drug-likeness (QED) is 0.880. The van der Waals surface area contributed by atoms with E-state index in [9.17, 15) is 13.6 Å². The van der Waals surface area contributed by atoms with Crippen LogP contribution in [0, 0.1) is 0 Å². The van der Waals surface area contributed by atoms with Crippen LogP contribution in [0.3, 0.4) is 0 Å². The maximum Gasteiger partial charge on any atom is 0.586 e. The molecular weight excluding hydrogens is 310 g/mol. The number of nitrogens with one attached hydrogen (secondary N) is 1. The Hall–Kier alpha value is -2.61. The Kier molecular flexibility index (Phi) is 3.91. The molecule has 1 atom stereocenters. The average molecular weight is 325 g/mol. The molecule has 0 radical (unpaired) electrons. The van der Waals surface area contributed by atoms with Crippen molar-refractivity contribution in [1.82, 2.24) is 0 Å². The van der Waals surface area contributed by atoms with Gasteiger partial charge < -0.3 is 24.5 Å². The number of nitrogens with two attached hydrogens (primary N) is 1. The van der Waals surface area contributed by atoms with Crippen molar-refractivity contribution in [2.75, 3.05) is 11.9 Å². The number of amides is 1. The first-order valence-electron chi connectivity index (χ1n) is 6.99. The fourth-order valence-corrected chi connectivity index (χ4v) is 2.19. The van der Waals surface area contributed by atoms with Gasteiger partial charge in [-0.3, -0.25) is 4.79 Å². The SMILES string of the molecule is C[C@@H]([NH2+]CC(=O)Nc1ccc2c(c1)OC(F)(F)O2)c1ccco1. The fraction of sp³-hybridized carbons (Fsp3) is 0.267. The van der Waals surface area contributed by atoms with E-state index in [1.165, 1.54) is 18.2 Å². The molecule has 1 aromatic heterocycles. The van der Waals surface area contributed by atoms with Crippen LogP contribution in [0.25, 0.3) is 0 Å². The van der Waals surface area contributed by atoms with Gasteiger partial charge in [0.15, 0.2) is 23.8 Å². The molecule has 2 aromatic rings.